The third-order valence-electron chi connectivity index (χ3n) is 4.97. The molecular formula is C21H26N4O4S. The van der Waals surface area contributed by atoms with Gasteiger partial charge in [0.1, 0.15) is 5.75 Å². The van der Waals surface area contributed by atoms with E-state index in [-0.39, 0.29) is 23.1 Å². The van der Waals surface area contributed by atoms with Crippen molar-refractivity contribution in [1.82, 2.24) is 14.6 Å². The van der Waals surface area contributed by atoms with Gasteiger partial charge in [0.15, 0.2) is 0 Å². The van der Waals surface area contributed by atoms with Crippen molar-refractivity contribution >= 4 is 21.6 Å². The summed E-state index contributed by atoms with van der Waals surface area (Å²) in [4.78, 5) is 14.4. The maximum absolute atomic E-state index is 12.8. The first-order valence-electron chi connectivity index (χ1n) is 9.67. The molecule has 2 aromatic rings. The van der Waals surface area contributed by atoms with Gasteiger partial charge in [0.25, 0.3) is 5.91 Å². The number of hydrogen-bond donors (Lipinski definition) is 2. The van der Waals surface area contributed by atoms with E-state index >= 15 is 0 Å². The molecule has 0 aliphatic carbocycles. The summed E-state index contributed by atoms with van der Waals surface area (Å²) < 4.78 is 27.0. The molecule has 1 aliphatic heterocycles. The second-order valence-electron chi connectivity index (χ2n) is 7.28. The zero-order chi connectivity index (χ0) is 21.7. The van der Waals surface area contributed by atoms with Crippen molar-refractivity contribution in [2.45, 2.75) is 18.7 Å². The fourth-order valence-electron chi connectivity index (χ4n) is 3.17. The van der Waals surface area contributed by atoms with E-state index in [1.165, 1.54) is 4.31 Å². The molecule has 0 saturated carbocycles. The lowest BCUT2D eigenvalue weighted by Crippen LogP contribution is -2.50. The Bertz CT molecular complexity index is 1030. The summed E-state index contributed by atoms with van der Waals surface area (Å²) in [5, 5.41) is 13.6. The molecule has 0 spiro atoms. The average molecular weight is 431 g/mol. The van der Waals surface area contributed by atoms with Crippen LogP contribution in [-0.4, -0.2) is 67.1 Å². The molecule has 0 unspecified atom stereocenters. The third-order valence-corrected chi connectivity index (χ3v) is 6.88. The molecule has 8 nitrogen and oxygen atoms in total. The normalized spacial score (nSPS) is 16.4. The van der Waals surface area contributed by atoms with Gasteiger partial charge in [0.05, 0.1) is 17.2 Å². The van der Waals surface area contributed by atoms with Gasteiger partial charge in [0.2, 0.25) is 10.0 Å². The van der Waals surface area contributed by atoms with Gasteiger partial charge in [-0.25, -0.2) is 13.8 Å². The van der Waals surface area contributed by atoms with Gasteiger partial charge < -0.3 is 5.11 Å². The molecule has 0 atom stereocenters. The third kappa shape index (κ3) is 5.44. The van der Waals surface area contributed by atoms with E-state index in [2.05, 4.69) is 10.5 Å². The Morgan fingerprint density at radius 3 is 2.40 bits per heavy atom. The number of hydrogen-bond acceptors (Lipinski definition) is 6. The van der Waals surface area contributed by atoms with Crippen molar-refractivity contribution in [3.63, 3.8) is 0 Å². The second kappa shape index (κ2) is 9.38. The van der Waals surface area contributed by atoms with Gasteiger partial charge in [-0.3, -0.25) is 9.69 Å². The number of carbonyl (C=O) groups is 1. The van der Waals surface area contributed by atoms with E-state index in [1.54, 1.807) is 55.5 Å². The molecule has 2 N–H and O–H groups in total. The lowest BCUT2D eigenvalue weighted by Gasteiger charge is -2.33. The summed E-state index contributed by atoms with van der Waals surface area (Å²) in [6.07, 6.45) is 0. The van der Waals surface area contributed by atoms with E-state index in [1.807, 2.05) is 11.8 Å². The van der Waals surface area contributed by atoms with Crippen LogP contribution in [-0.2, 0) is 14.8 Å². The molecule has 160 valence electrons. The molecule has 0 aromatic heterocycles. The summed E-state index contributed by atoms with van der Waals surface area (Å²) in [5.74, 6) is -0.142. The summed E-state index contributed by atoms with van der Waals surface area (Å²) in [6, 6.07) is 13.4. The average Bonchev–Trinajstić information content (AvgIpc) is 2.73. The molecule has 1 aliphatic rings. The van der Waals surface area contributed by atoms with E-state index in [0.717, 1.165) is 5.56 Å². The van der Waals surface area contributed by atoms with Crippen LogP contribution in [0.15, 0.2) is 58.5 Å². The number of sulfonamides is 1. The summed E-state index contributed by atoms with van der Waals surface area (Å²) in [5.41, 5.74) is 4.81. The standard InChI is InChI=1S/C21H26N4O4S/c1-16-6-8-20(9-7-16)30(28,29)25-12-10-24(11-13-25)15-21(27)23-22-17(2)18-4-3-5-19(26)14-18/h3-9,14,26H,10-13,15H2,1-2H3,(H,23,27)/b22-17-. The molecule has 0 bridgehead atoms. The SMILES string of the molecule is C/C(=N/NC(=O)CN1CCN(S(=O)(=O)c2ccc(C)cc2)CC1)c1cccc(O)c1. The van der Waals surface area contributed by atoms with E-state index in [0.29, 0.717) is 37.5 Å². The number of benzene rings is 2. The maximum atomic E-state index is 12.8. The number of hydrazone groups is 1. The Morgan fingerprint density at radius 2 is 1.77 bits per heavy atom. The molecule has 9 heteroatoms. The molecular weight excluding hydrogens is 404 g/mol. The predicted molar refractivity (Wildman–Crippen MR) is 115 cm³/mol. The van der Waals surface area contributed by atoms with Crippen LogP contribution in [0.3, 0.4) is 0 Å². The van der Waals surface area contributed by atoms with Gasteiger partial charge >= 0.3 is 0 Å². The van der Waals surface area contributed by atoms with Crippen LogP contribution in [0.5, 0.6) is 5.75 Å². The number of phenols is 1. The number of phenolic OH excluding ortho intramolecular Hbond substituents is 1. The fraction of sp³-hybridized carbons (Fsp3) is 0.333. The number of aryl methyl sites for hydroxylation is 1. The summed E-state index contributed by atoms with van der Waals surface area (Å²) >= 11 is 0. The molecule has 0 radical (unpaired) electrons. The Hall–Kier alpha value is -2.75. The number of rotatable bonds is 6. The summed E-state index contributed by atoms with van der Waals surface area (Å²) in [7, 11) is -3.52. The van der Waals surface area contributed by atoms with E-state index in [4.69, 9.17) is 0 Å². The molecule has 3 rings (SSSR count). The number of aromatic hydroxyl groups is 1. The maximum Gasteiger partial charge on any atom is 0.254 e. The first-order valence-corrected chi connectivity index (χ1v) is 11.1. The van der Waals surface area contributed by atoms with E-state index in [9.17, 15) is 18.3 Å². The van der Waals surface area contributed by atoms with Crippen LogP contribution in [0.4, 0.5) is 0 Å². The highest BCUT2D eigenvalue weighted by Crippen LogP contribution is 2.18. The number of nitrogens with zero attached hydrogens (tertiary/aromatic N) is 3. The van der Waals surface area contributed by atoms with Crippen molar-refractivity contribution in [2.75, 3.05) is 32.7 Å². The minimum Gasteiger partial charge on any atom is -0.508 e. The van der Waals surface area contributed by atoms with Gasteiger partial charge in [-0.05, 0) is 38.1 Å². The number of nitrogens with one attached hydrogen (secondary N) is 1. The molecule has 30 heavy (non-hydrogen) atoms. The van der Waals surface area contributed by atoms with Crippen LogP contribution < -0.4 is 5.43 Å². The van der Waals surface area contributed by atoms with Gasteiger partial charge in [-0.1, -0.05) is 29.8 Å². The molecule has 1 fully saturated rings. The molecule has 2 aromatic carbocycles. The monoisotopic (exact) mass is 430 g/mol. The Morgan fingerprint density at radius 1 is 1.10 bits per heavy atom. The van der Waals surface area contributed by atoms with Gasteiger partial charge in [-0.2, -0.15) is 9.41 Å². The highest BCUT2D eigenvalue weighted by molar-refractivity contribution is 7.89. The topological polar surface area (TPSA) is 102 Å². The van der Waals surface area contributed by atoms with Crippen LogP contribution >= 0.6 is 0 Å². The molecule has 1 heterocycles. The lowest BCUT2D eigenvalue weighted by atomic mass is 10.1. The number of carbonyl (C=O) groups excluding carboxylic acids is 1. The van der Waals surface area contributed by atoms with Crippen molar-refractivity contribution in [1.29, 1.82) is 0 Å². The van der Waals surface area contributed by atoms with Gasteiger partial charge in [0, 0.05) is 31.7 Å². The number of piperazine rings is 1. The first kappa shape index (κ1) is 21.9. The smallest absolute Gasteiger partial charge is 0.254 e. The highest BCUT2D eigenvalue weighted by Gasteiger charge is 2.28. The number of amides is 1. The Kier molecular flexibility index (Phi) is 6.86. The highest BCUT2D eigenvalue weighted by atomic mass is 32.2. The zero-order valence-electron chi connectivity index (χ0n) is 17.1. The Balaban J connectivity index is 1.51. The van der Waals surface area contributed by atoms with Crippen LogP contribution in [0, 0.1) is 6.92 Å². The fourth-order valence-corrected chi connectivity index (χ4v) is 4.59. The van der Waals surface area contributed by atoms with Crippen LogP contribution in [0.1, 0.15) is 18.1 Å². The molecule has 1 amide bonds. The minimum absolute atomic E-state index is 0.131. The summed E-state index contributed by atoms with van der Waals surface area (Å²) in [6.45, 7) is 5.38. The van der Waals surface area contributed by atoms with E-state index < -0.39 is 10.0 Å². The van der Waals surface area contributed by atoms with Gasteiger partial charge in [-0.15, -0.1) is 0 Å². The second-order valence-corrected chi connectivity index (χ2v) is 9.21. The minimum atomic E-state index is -3.52. The van der Waals surface area contributed by atoms with Crippen molar-refractivity contribution in [2.24, 2.45) is 5.10 Å². The predicted octanol–water partition coefficient (Wildman–Crippen LogP) is 1.55. The first-order chi connectivity index (χ1) is 14.3. The largest absolute Gasteiger partial charge is 0.508 e. The van der Waals surface area contributed by atoms with Crippen LogP contribution in [0.2, 0.25) is 0 Å². The Labute approximate surface area is 176 Å². The quantitative estimate of drug-likeness (QED) is 0.535. The lowest BCUT2D eigenvalue weighted by molar-refractivity contribution is -0.122. The molecule has 1 saturated heterocycles. The van der Waals surface area contributed by atoms with Crippen LogP contribution in [0.25, 0.3) is 0 Å². The van der Waals surface area contributed by atoms with Crippen molar-refractivity contribution in [3.05, 3.63) is 59.7 Å². The zero-order valence-corrected chi connectivity index (χ0v) is 17.9. The van der Waals surface area contributed by atoms with Crippen molar-refractivity contribution in [3.8, 4) is 5.75 Å². The van der Waals surface area contributed by atoms with Crippen molar-refractivity contribution < 1.29 is 18.3 Å².